The summed E-state index contributed by atoms with van der Waals surface area (Å²) >= 11 is 0. The Balaban J connectivity index is 1.07. The molecule has 0 spiro atoms. The first-order valence-electron chi connectivity index (χ1n) is 19.5. The first kappa shape index (κ1) is 34.6. The number of nitrogens with zero attached hydrogens (tertiary/aromatic N) is 4. The number of para-hydroxylation sites is 3. The number of hydrogen-bond donors (Lipinski definition) is 0. The lowest BCUT2D eigenvalue weighted by molar-refractivity contribution is 0.596. The van der Waals surface area contributed by atoms with E-state index in [1.54, 1.807) is 36.4 Å². The van der Waals surface area contributed by atoms with E-state index in [0.29, 0.717) is 11.6 Å². The number of rotatable bonds is 7. The molecule has 0 fully saturated rings. The molecular weight excluding hydrogens is 745 g/mol. The van der Waals surface area contributed by atoms with Crippen LogP contribution in [0.1, 0.15) is 0 Å². The van der Waals surface area contributed by atoms with Gasteiger partial charge in [-0.25, -0.2) is 18.4 Å². The van der Waals surface area contributed by atoms with Gasteiger partial charge in [-0.3, -0.25) is 4.57 Å². The average Bonchev–Trinajstić information content (AvgIpc) is 3.82. The summed E-state index contributed by atoms with van der Waals surface area (Å²) in [5, 5.41) is 4.62. The maximum absolute atomic E-state index is 13.4. The Kier molecular flexibility index (Phi) is 8.10. The normalized spacial score (nSPS) is 11.9. The summed E-state index contributed by atoms with van der Waals surface area (Å²) in [5.74, 6) is 0.523. The molecule has 0 saturated carbocycles. The van der Waals surface area contributed by atoms with Crippen LogP contribution >= 0.6 is 0 Å². The Morgan fingerprint density at radius 2 is 0.814 bits per heavy atom. The van der Waals surface area contributed by atoms with Crippen molar-refractivity contribution in [2.24, 2.45) is 0 Å². The molecular formula is C52H34N4O2S. The van der Waals surface area contributed by atoms with Gasteiger partial charge in [0.15, 0.2) is 0 Å². The van der Waals surface area contributed by atoms with Crippen molar-refractivity contribution in [2.45, 2.75) is 9.79 Å². The van der Waals surface area contributed by atoms with E-state index in [-0.39, 0.29) is 9.79 Å². The lowest BCUT2D eigenvalue weighted by Gasteiger charge is -2.12. The van der Waals surface area contributed by atoms with Gasteiger partial charge >= 0.3 is 0 Å². The molecule has 0 radical (unpaired) electrons. The molecule has 280 valence electrons. The van der Waals surface area contributed by atoms with Gasteiger partial charge in [-0.05, 0) is 83.9 Å². The third-order valence-electron chi connectivity index (χ3n) is 11.2. The van der Waals surface area contributed by atoms with E-state index >= 15 is 0 Å². The molecule has 7 heteroatoms. The highest BCUT2D eigenvalue weighted by atomic mass is 32.2. The molecule has 6 nitrogen and oxygen atoms in total. The first-order chi connectivity index (χ1) is 29.0. The first-order valence-corrected chi connectivity index (χ1v) is 21.0. The second kappa shape index (κ2) is 13.8. The minimum absolute atomic E-state index is 0.226. The van der Waals surface area contributed by atoms with Crippen LogP contribution in [0.2, 0.25) is 0 Å². The summed E-state index contributed by atoms with van der Waals surface area (Å²) in [6.45, 7) is 0. The van der Waals surface area contributed by atoms with Crippen molar-refractivity contribution in [1.29, 1.82) is 0 Å². The van der Waals surface area contributed by atoms with E-state index in [1.807, 2.05) is 60.7 Å². The molecule has 11 rings (SSSR count). The minimum atomic E-state index is -3.68. The quantitative estimate of drug-likeness (QED) is 0.162. The topological polar surface area (TPSA) is 69.8 Å². The number of aromatic nitrogens is 4. The van der Waals surface area contributed by atoms with E-state index in [2.05, 4.69) is 118 Å². The second-order valence-electron chi connectivity index (χ2n) is 14.6. The zero-order valence-corrected chi connectivity index (χ0v) is 32.5. The third kappa shape index (κ3) is 5.82. The van der Waals surface area contributed by atoms with Crippen molar-refractivity contribution in [3.8, 4) is 45.3 Å². The fourth-order valence-electron chi connectivity index (χ4n) is 8.35. The molecule has 0 unspecified atom stereocenters. The molecule has 59 heavy (non-hydrogen) atoms. The Labute approximate surface area is 340 Å². The van der Waals surface area contributed by atoms with Crippen molar-refractivity contribution < 1.29 is 8.42 Å². The SMILES string of the molecule is O=S(=O)(c1ccccc1)c1ccc(-c2cc(-c3ccccc3)nc(-n3c4ccccc4c4cc(-c5ccc6c7ccccc7n(-c7ccccc7)c6c5)ccc43)n2)cc1. The Morgan fingerprint density at radius 3 is 1.51 bits per heavy atom. The number of sulfone groups is 1. The minimum Gasteiger partial charge on any atom is -0.309 e. The molecule has 0 bridgehead atoms. The van der Waals surface area contributed by atoms with Crippen LogP contribution in [0.5, 0.6) is 0 Å². The monoisotopic (exact) mass is 778 g/mol. The van der Waals surface area contributed by atoms with Gasteiger partial charge in [-0.15, -0.1) is 0 Å². The summed E-state index contributed by atoms with van der Waals surface area (Å²) in [4.78, 5) is 10.9. The lowest BCUT2D eigenvalue weighted by Crippen LogP contribution is -2.04. The van der Waals surface area contributed by atoms with Gasteiger partial charge in [0.25, 0.3) is 0 Å². The van der Waals surface area contributed by atoms with Gasteiger partial charge in [-0.1, -0.05) is 133 Å². The predicted octanol–water partition coefficient (Wildman–Crippen LogP) is 12.5. The highest BCUT2D eigenvalue weighted by molar-refractivity contribution is 7.91. The average molecular weight is 779 g/mol. The van der Waals surface area contributed by atoms with Gasteiger partial charge in [0, 0.05) is 38.4 Å². The van der Waals surface area contributed by atoms with E-state index < -0.39 is 9.84 Å². The van der Waals surface area contributed by atoms with Crippen molar-refractivity contribution in [3.63, 3.8) is 0 Å². The van der Waals surface area contributed by atoms with Gasteiger partial charge in [0.1, 0.15) is 0 Å². The van der Waals surface area contributed by atoms with Gasteiger partial charge in [-0.2, -0.15) is 0 Å². The molecule has 0 aliphatic heterocycles. The summed E-state index contributed by atoms with van der Waals surface area (Å²) in [6, 6.07) is 68.4. The highest BCUT2D eigenvalue weighted by Gasteiger charge is 2.20. The summed E-state index contributed by atoms with van der Waals surface area (Å²) < 4.78 is 31.3. The Morgan fingerprint density at radius 1 is 0.339 bits per heavy atom. The molecule has 0 N–H and O–H groups in total. The maximum Gasteiger partial charge on any atom is 0.235 e. The standard InChI is InChI=1S/C52H34N4O2S/c57-59(58,40-18-8-3-9-19-40)41-28-24-36(25-29-41)47-34-46(35-14-4-1-5-15-35)53-52(54-47)56-49-23-13-11-21-43(49)45-32-37(27-31-50(45)56)38-26-30-44-42-20-10-12-22-48(42)55(51(44)33-38)39-16-6-2-7-17-39/h1-34H. The molecule has 8 aromatic carbocycles. The summed E-state index contributed by atoms with van der Waals surface area (Å²) in [7, 11) is -3.68. The van der Waals surface area contributed by atoms with E-state index in [1.165, 1.54) is 16.3 Å². The Bertz CT molecular complexity index is 3490. The van der Waals surface area contributed by atoms with Crippen molar-refractivity contribution in [1.82, 2.24) is 19.1 Å². The lowest BCUT2D eigenvalue weighted by atomic mass is 10.0. The molecule has 0 amide bonds. The zero-order chi connectivity index (χ0) is 39.5. The van der Waals surface area contributed by atoms with Crippen LogP contribution in [0.15, 0.2) is 216 Å². The van der Waals surface area contributed by atoms with Crippen LogP contribution in [0.25, 0.3) is 88.9 Å². The van der Waals surface area contributed by atoms with E-state index in [9.17, 15) is 8.42 Å². The number of fused-ring (bicyclic) bond motifs is 6. The number of hydrogen-bond acceptors (Lipinski definition) is 4. The van der Waals surface area contributed by atoms with Crippen LogP contribution in [-0.4, -0.2) is 27.5 Å². The van der Waals surface area contributed by atoms with Crippen LogP contribution < -0.4 is 0 Å². The maximum atomic E-state index is 13.4. The zero-order valence-electron chi connectivity index (χ0n) is 31.6. The molecule has 3 heterocycles. The molecule has 0 saturated heterocycles. The second-order valence-corrected chi connectivity index (χ2v) is 16.6. The molecule has 0 aliphatic carbocycles. The van der Waals surface area contributed by atoms with Crippen molar-refractivity contribution >= 4 is 53.4 Å². The Hall–Kier alpha value is -7.61. The summed E-state index contributed by atoms with van der Waals surface area (Å²) in [5.41, 5.74) is 10.8. The molecule has 3 aromatic heterocycles. The van der Waals surface area contributed by atoms with Crippen molar-refractivity contribution in [3.05, 3.63) is 206 Å². The van der Waals surface area contributed by atoms with Crippen molar-refractivity contribution in [2.75, 3.05) is 0 Å². The molecule has 11 aromatic rings. The summed E-state index contributed by atoms with van der Waals surface area (Å²) in [6.07, 6.45) is 0. The predicted molar refractivity (Wildman–Crippen MR) is 239 cm³/mol. The van der Waals surface area contributed by atoms with Crippen LogP contribution in [0.4, 0.5) is 0 Å². The largest absolute Gasteiger partial charge is 0.309 e. The van der Waals surface area contributed by atoms with E-state index in [0.717, 1.165) is 61.0 Å². The smallest absolute Gasteiger partial charge is 0.235 e. The highest BCUT2D eigenvalue weighted by Crippen LogP contribution is 2.38. The van der Waals surface area contributed by atoms with Gasteiger partial charge < -0.3 is 4.57 Å². The molecule has 0 aliphatic rings. The fraction of sp³-hybridized carbons (Fsp3) is 0. The van der Waals surface area contributed by atoms with Crippen LogP contribution in [0, 0.1) is 0 Å². The molecule has 0 atom stereocenters. The van der Waals surface area contributed by atoms with Crippen LogP contribution in [-0.2, 0) is 9.84 Å². The fourth-order valence-corrected chi connectivity index (χ4v) is 9.64. The van der Waals surface area contributed by atoms with Gasteiger partial charge in [0.2, 0.25) is 15.8 Å². The van der Waals surface area contributed by atoms with E-state index in [4.69, 9.17) is 9.97 Å². The third-order valence-corrected chi connectivity index (χ3v) is 13.0. The van der Waals surface area contributed by atoms with Gasteiger partial charge in [0.05, 0.1) is 43.2 Å². The van der Waals surface area contributed by atoms with Crippen LogP contribution in [0.3, 0.4) is 0 Å². The number of benzene rings is 8.